The van der Waals surface area contributed by atoms with Gasteiger partial charge in [0.05, 0.1) is 7.11 Å². The van der Waals surface area contributed by atoms with Crippen LogP contribution in [0.15, 0.2) is 17.7 Å². The summed E-state index contributed by atoms with van der Waals surface area (Å²) < 4.78 is 5.32. The van der Waals surface area contributed by atoms with Crippen molar-refractivity contribution in [3.8, 4) is 17.9 Å². The van der Waals surface area contributed by atoms with Crippen molar-refractivity contribution < 1.29 is 4.74 Å². The second kappa shape index (κ2) is 4.94. The van der Waals surface area contributed by atoms with Crippen molar-refractivity contribution >= 4 is 5.57 Å². The van der Waals surface area contributed by atoms with E-state index in [1.54, 1.807) is 7.11 Å². The number of methoxy groups -OCH3 is 1. The molecule has 0 aliphatic heterocycles. The molecule has 0 bridgehead atoms. The average molecular weight is 238 g/mol. The molecule has 1 aliphatic rings. The summed E-state index contributed by atoms with van der Waals surface area (Å²) in [5.41, 5.74) is 4.38. The number of nitrogens with zero attached hydrogens (tertiary/aromatic N) is 2. The molecule has 2 rings (SSSR count). The molecule has 0 aromatic heterocycles. The number of benzene rings is 1. The van der Waals surface area contributed by atoms with Crippen LogP contribution in [0.25, 0.3) is 5.57 Å². The molecule has 0 atom stereocenters. The predicted octanol–water partition coefficient (Wildman–Crippen LogP) is 3.14. The molecule has 18 heavy (non-hydrogen) atoms. The lowest BCUT2D eigenvalue weighted by atomic mass is 9.84. The van der Waals surface area contributed by atoms with E-state index in [-0.39, 0.29) is 5.57 Å². The summed E-state index contributed by atoms with van der Waals surface area (Å²) in [6.07, 6.45) is 2.77. The average Bonchev–Trinajstić information content (AvgIpc) is 2.39. The summed E-state index contributed by atoms with van der Waals surface area (Å²) in [6.45, 7) is 2.01. The van der Waals surface area contributed by atoms with Crippen LogP contribution in [0.1, 0.15) is 29.5 Å². The van der Waals surface area contributed by atoms with Crippen LogP contribution >= 0.6 is 0 Å². The second-order valence-electron chi connectivity index (χ2n) is 4.41. The Kier molecular flexibility index (Phi) is 3.35. The SMILES string of the molecule is COc1cc2c(cc1C)CCCC2=C(C#N)C#N. The molecular weight excluding hydrogens is 224 g/mol. The third-order valence-electron chi connectivity index (χ3n) is 3.34. The lowest BCUT2D eigenvalue weighted by Crippen LogP contribution is -2.05. The molecule has 3 nitrogen and oxygen atoms in total. The predicted molar refractivity (Wildman–Crippen MR) is 68.8 cm³/mol. The molecule has 90 valence electrons. The third kappa shape index (κ3) is 1.96. The first-order valence-corrected chi connectivity index (χ1v) is 5.92. The summed E-state index contributed by atoms with van der Waals surface area (Å²) >= 11 is 0. The zero-order chi connectivity index (χ0) is 13.1. The van der Waals surface area contributed by atoms with Gasteiger partial charge in [0.15, 0.2) is 0 Å². The summed E-state index contributed by atoms with van der Waals surface area (Å²) in [4.78, 5) is 0. The summed E-state index contributed by atoms with van der Waals surface area (Å²) in [5, 5.41) is 18.0. The molecule has 0 heterocycles. The number of fused-ring (bicyclic) bond motifs is 1. The number of hydrogen-bond acceptors (Lipinski definition) is 3. The molecule has 0 saturated carbocycles. The number of aryl methyl sites for hydroxylation is 2. The zero-order valence-corrected chi connectivity index (χ0v) is 10.6. The minimum absolute atomic E-state index is 0.224. The van der Waals surface area contributed by atoms with Gasteiger partial charge in [-0.25, -0.2) is 0 Å². The van der Waals surface area contributed by atoms with Gasteiger partial charge in [0.2, 0.25) is 0 Å². The molecular formula is C15H14N2O. The van der Waals surface area contributed by atoms with E-state index < -0.39 is 0 Å². The highest BCUT2D eigenvalue weighted by atomic mass is 16.5. The molecule has 1 aromatic carbocycles. The van der Waals surface area contributed by atoms with Gasteiger partial charge in [-0.3, -0.25) is 0 Å². The van der Waals surface area contributed by atoms with E-state index in [0.29, 0.717) is 0 Å². The fraction of sp³-hybridized carbons (Fsp3) is 0.333. The first-order valence-electron chi connectivity index (χ1n) is 5.92. The molecule has 0 amide bonds. The van der Waals surface area contributed by atoms with Gasteiger partial charge in [0.1, 0.15) is 23.5 Å². The van der Waals surface area contributed by atoms with E-state index in [1.165, 1.54) is 5.56 Å². The molecule has 0 radical (unpaired) electrons. The van der Waals surface area contributed by atoms with Crippen molar-refractivity contribution in [2.24, 2.45) is 0 Å². The van der Waals surface area contributed by atoms with Gasteiger partial charge in [0.25, 0.3) is 0 Å². The van der Waals surface area contributed by atoms with Gasteiger partial charge in [-0.05, 0) is 54.5 Å². The lowest BCUT2D eigenvalue weighted by molar-refractivity contribution is 0.411. The maximum absolute atomic E-state index is 9.02. The number of nitriles is 2. The highest BCUT2D eigenvalue weighted by Crippen LogP contribution is 2.36. The molecule has 1 aromatic rings. The molecule has 0 unspecified atom stereocenters. The molecule has 3 heteroatoms. The van der Waals surface area contributed by atoms with E-state index >= 15 is 0 Å². The van der Waals surface area contributed by atoms with Gasteiger partial charge in [-0.2, -0.15) is 10.5 Å². The van der Waals surface area contributed by atoms with Crippen LogP contribution in [0.4, 0.5) is 0 Å². The quantitative estimate of drug-likeness (QED) is 0.706. The van der Waals surface area contributed by atoms with E-state index in [9.17, 15) is 0 Å². The third-order valence-corrected chi connectivity index (χ3v) is 3.34. The van der Waals surface area contributed by atoms with Crippen LogP contribution < -0.4 is 4.74 Å². The van der Waals surface area contributed by atoms with E-state index in [4.69, 9.17) is 15.3 Å². The number of allylic oxidation sites excluding steroid dienone is 2. The Morgan fingerprint density at radius 2 is 1.94 bits per heavy atom. The second-order valence-corrected chi connectivity index (χ2v) is 4.41. The Balaban J connectivity index is 2.67. The van der Waals surface area contributed by atoms with Crippen LogP contribution in [-0.4, -0.2) is 7.11 Å². The van der Waals surface area contributed by atoms with E-state index in [2.05, 4.69) is 6.07 Å². The summed E-state index contributed by atoms with van der Waals surface area (Å²) in [7, 11) is 1.64. The zero-order valence-electron chi connectivity index (χ0n) is 10.6. The first kappa shape index (κ1) is 12.2. The molecule has 0 fully saturated rings. The summed E-state index contributed by atoms with van der Waals surface area (Å²) in [6, 6.07) is 8.03. The Hall–Kier alpha value is -2.26. The van der Waals surface area contributed by atoms with E-state index in [0.717, 1.165) is 41.7 Å². The van der Waals surface area contributed by atoms with Gasteiger partial charge in [-0.1, -0.05) is 6.07 Å². The van der Waals surface area contributed by atoms with Gasteiger partial charge in [-0.15, -0.1) is 0 Å². The van der Waals surface area contributed by atoms with Crippen molar-refractivity contribution in [1.82, 2.24) is 0 Å². The minimum atomic E-state index is 0.224. The topological polar surface area (TPSA) is 56.8 Å². The van der Waals surface area contributed by atoms with Crippen molar-refractivity contribution in [3.63, 3.8) is 0 Å². The van der Waals surface area contributed by atoms with Crippen LogP contribution in [0, 0.1) is 29.6 Å². The Labute approximate surface area is 107 Å². The molecule has 0 saturated heterocycles. The fourth-order valence-electron chi connectivity index (χ4n) is 2.47. The van der Waals surface area contributed by atoms with Gasteiger partial charge < -0.3 is 4.74 Å². The Morgan fingerprint density at radius 1 is 1.22 bits per heavy atom. The van der Waals surface area contributed by atoms with Crippen molar-refractivity contribution in [3.05, 3.63) is 34.4 Å². The van der Waals surface area contributed by atoms with Crippen LogP contribution in [0.3, 0.4) is 0 Å². The van der Waals surface area contributed by atoms with Gasteiger partial charge in [0, 0.05) is 0 Å². The number of ether oxygens (including phenoxy) is 1. The molecule has 0 N–H and O–H groups in total. The monoisotopic (exact) mass is 238 g/mol. The highest BCUT2D eigenvalue weighted by Gasteiger charge is 2.19. The van der Waals surface area contributed by atoms with Crippen LogP contribution in [0.5, 0.6) is 5.75 Å². The standard InChI is InChI=1S/C15H14N2O/c1-10-6-11-4-3-5-13(12(8-16)9-17)14(11)7-15(10)18-2/h6-7H,3-5H2,1-2H3. The van der Waals surface area contributed by atoms with Crippen molar-refractivity contribution in [2.45, 2.75) is 26.2 Å². The smallest absolute Gasteiger partial charge is 0.133 e. The maximum Gasteiger partial charge on any atom is 0.133 e. The number of hydrogen-bond donors (Lipinski definition) is 0. The highest BCUT2D eigenvalue weighted by molar-refractivity contribution is 5.79. The van der Waals surface area contributed by atoms with Gasteiger partial charge >= 0.3 is 0 Å². The minimum Gasteiger partial charge on any atom is -0.496 e. The number of rotatable bonds is 1. The Bertz CT molecular complexity index is 584. The largest absolute Gasteiger partial charge is 0.496 e. The fourth-order valence-corrected chi connectivity index (χ4v) is 2.47. The molecule has 1 aliphatic carbocycles. The van der Waals surface area contributed by atoms with E-state index in [1.807, 2.05) is 25.1 Å². The normalized spacial score (nSPS) is 13.2. The van der Waals surface area contributed by atoms with Crippen LogP contribution in [-0.2, 0) is 6.42 Å². The van der Waals surface area contributed by atoms with Crippen LogP contribution in [0.2, 0.25) is 0 Å². The van der Waals surface area contributed by atoms with Crippen molar-refractivity contribution in [2.75, 3.05) is 7.11 Å². The maximum atomic E-state index is 9.02. The first-order chi connectivity index (χ1) is 8.71. The lowest BCUT2D eigenvalue weighted by Gasteiger charge is -2.21. The van der Waals surface area contributed by atoms with Crippen molar-refractivity contribution in [1.29, 1.82) is 10.5 Å². The Morgan fingerprint density at radius 3 is 2.56 bits per heavy atom. The molecule has 0 spiro atoms. The summed E-state index contributed by atoms with van der Waals surface area (Å²) in [5.74, 6) is 0.809.